The smallest absolute Gasteiger partial charge is 0.279 e. The largest absolute Gasteiger partial charge is 0.490 e. The van der Waals surface area contributed by atoms with Gasteiger partial charge in [-0.3, -0.25) is 4.79 Å². The normalized spacial score (nSPS) is 11.8. The molecular formula is C26H34N2O5S. The predicted octanol–water partition coefficient (Wildman–Crippen LogP) is 5.29. The van der Waals surface area contributed by atoms with Gasteiger partial charge in [-0.1, -0.05) is 11.3 Å². The van der Waals surface area contributed by atoms with Crippen LogP contribution in [0.4, 0.5) is 0 Å². The standard InChI is InChI=1S/C26H34N2O5S/c1-7-30-12-11-28-20-13-17(5)18(6)14-23(20)34-26(28)27-25(29)19-15-21(31-8-2)24(33-10-4)22(16-19)32-9-3/h13-16H,7-12H2,1-6H3. The van der Waals surface area contributed by atoms with Gasteiger partial charge in [-0.05, 0) is 76.9 Å². The fourth-order valence-corrected chi connectivity index (χ4v) is 4.72. The van der Waals surface area contributed by atoms with Gasteiger partial charge in [0.25, 0.3) is 5.91 Å². The van der Waals surface area contributed by atoms with Crippen molar-refractivity contribution in [3.8, 4) is 17.2 Å². The molecule has 0 saturated carbocycles. The van der Waals surface area contributed by atoms with Crippen molar-refractivity contribution in [1.82, 2.24) is 4.57 Å². The number of thiazole rings is 1. The molecule has 0 saturated heterocycles. The topological polar surface area (TPSA) is 71.3 Å². The van der Waals surface area contributed by atoms with Crippen molar-refractivity contribution in [2.75, 3.05) is 33.0 Å². The predicted molar refractivity (Wildman–Crippen MR) is 136 cm³/mol. The summed E-state index contributed by atoms with van der Waals surface area (Å²) in [6.07, 6.45) is 0. The van der Waals surface area contributed by atoms with E-state index < -0.39 is 0 Å². The Morgan fingerprint density at radius 1 is 0.882 bits per heavy atom. The maximum absolute atomic E-state index is 13.3. The summed E-state index contributed by atoms with van der Waals surface area (Å²) < 4.78 is 26.0. The minimum atomic E-state index is -0.366. The molecule has 0 atom stereocenters. The third-order valence-electron chi connectivity index (χ3n) is 5.31. The Hall–Kier alpha value is -2.84. The number of aromatic nitrogens is 1. The Bertz CT molecular complexity index is 1180. The van der Waals surface area contributed by atoms with Crippen LogP contribution in [0.3, 0.4) is 0 Å². The van der Waals surface area contributed by atoms with Crippen LogP contribution in [0, 0.1) is 13.8 Å². The second-order valence-corrected chi connectivity index (χ2v) is 8.66. The number of hydrogen-bond donors (Lipinski definition) is 0. The molecule has 7 nitrogen and oxygen atoms in total. The zero-order valence-corrected chi connectivity index (χ0v) is 21.7. The fraction of sp³-hybridized carbons (Fsp3) is 0.462. The number of ether oxygens (including phenoxy) is 4. The maximum Gasteiger partial charge on any atom is 0.279 e. The fourth-order valence-electron chi connectivity index (χ4n) is 3.59. The highest BCUT2D eigenvalue weighted by atomic mass is 32.1. The van der Waals surface area contributed by atoms with Crippen LogP contribution in [-0.2, 0) is 11.3 Å². The van der Waals surface area contributed by atoms with Gasteiger partial charge in [-0.25, -0.2) is 0 Å². The highest BCUT2D eigenvalue weighted by Gasteiger charge is 2.19. The summed E-state index contributed by atoms with van der Waals surface area (Å²) in [6, 6.07) is 7.64. The van der Waals surface area contributed by atoms with E-state index in [2.05, 4.69) is 35.5 Å². The third kappa shape index (κ3) is 5.80. The van der Waals surface area contributed by atoms with Crippen molar-refractivity contribution in [2.45, 2.75) is 48.1 Å². The number of carbonyl (C=O) groups excluding carboxylic acids is 1. The number of nitrogens with zero attached hydrogens (tertiary/aromatic N) is 2. The maximum atomic E-state index is 13.3. The molecule has 34 heavy (non-hydrogen) atoms. The van der Waals surface area contributed by atoms with Gasteiger partial charge < -0.3 is 23.5 Å². The first-order valence-electron chi connectivity index (χ1n) is 11.8. The molecule has 0 aliphatic rings. The Labute approximate surface area is 204 Å². The second kappa shape index (κ2) is 12.0. The van der Waals surface area contributed by atoms with Gasteiger partial charge in [0.1, 0.15) is 0 Å². The van der Waals surface area contributed by atoms with E-state index >= 15 is 0 Å². The van der Waals surface area contributed by atoms with Crippen molar-refractivity contribution >= 4 is 27.5 Å². The molecule has 0 bridgehead atoms. The monoisotopic (exact) mass is 486 g/mol. The Balaban J connectivity index is 2.12. The lowest BCUT2D eigenvalue weighted by Gasteiger charge is -2.16. The highest BCUT2D eigenvalue weighted by molar-refractivity contribution is 7.16. The lowest BCUT2D eigenvalue weighted by Crippen LogP contribution is -2.20. The number of carbonyl (C=O) groups is 1. The first-order valence-corrected chi connectivity index (χ1v) is 12.6. The van der Waals surface area contributed by atoms with Crippen LogP contribution in [0.2, 0.25) is 0 Å². The van der Waals surface area contributed by atoms with Crippen LogP contribution >= 0.6 is 11.3 Å². The number of rotatable bonds is 11. The van der Waals surface area contributed by atoms with Crippen molar-refractivity contribution in [3.05, 3.63) is 45.8 Å². The summed E-state index contributed by atoms with van der Waals surface area (Å²) in [6.45, 7) is 14.9. The van der Waals surface area contributed by atoms with Gasteiger partial charge in [0, 0.05) is 18.7 Å². The molecule has 0 unspecified atom stereocenters. The summed E-state index contributed by atoms with van der Waals surface area (Å²) in [5.74, 6) is 1.08. The van der Waals surface area contributed by atoms with E-state index in [0.29, 0.717) is 67.2 Å². The van der Waals surface area contributed by atoms with E-state index in [4.69, 9.17) is 18.9 Å². The van der Waals surface area contributed by atoms with E-state index in [9.17, 15) is 4.79 Å². The lowest BCUT2D eigenvalue weighted by molar-refractivity contribution is 0.0995. The first kappa shape index (κ1) is 25.8. The molecule has 0 N–H and O–H groups in total. The molecule has 0 aliphatic heterocycles. The van der Waals surface area contributed by atoms with Crippen LogP contribution in [-0.4, -0.2) is 43.5 Å². The van der Waals surface area contributed by atoms with E-state index in [1.165, 1.54) is 22.5 Å². The van der Waals surface area contributed by atoms with Gasteiger partial charge in [-0.15, -0.1) is 0 Å². The summed E-state index contributed by atoms with van der Waals surface area (Å²) in [7, 11) is 0. The molecule has 1 aromatic heterocycles. The molecule has 8 heteroatoms. The van der Waals surface area contributed by atoms with E-state index in [0.717, 1.165) is 10.2 Å². The van der Waals surface area contributed by atoms with Crippen LogP contribution < -0.4 is 19.0 Å². The molecule has 3 rings (SSSR count). The first-order chi connectivity index (χ1) is 16.4. The third-order valence-corrected chi connectivity index (χ3v) is 6.36. The molecule has 0 aliphatic carbocycles. The summed E-state index contributed by atoms with van der Waals surface area (Å²) in [5, 5.41) is 0. The molecule has 1 heterocycles. The van der Waals surface area contributed by atoms with Crippen molar-refractivity contribution in [2.24, 2.45) is 4.99 Å². The number of hydrogen-bond acceptors (Lipinski definition) is 6. The zero-order valence-electron chi connectivity index (χ0n) is 20.9. The van der Waals surface area contributed by atoms with Crippen LogP contribution in [0.15, 0.2) is 29.3 Å². The lowest BCUT2D eigenvalue weighted by atomic mass is 10.1. The Morgan fingerprint density at radius 2 is 1.50 bits per heavy atom. The number of fused-ring (bicyclic) bond motifs is 1. The summed E-state index contributed by atoms with van der Waals surface area (Å²) in [4.78, 5) is 18.5. The molecule has 1 amide bonds. The second-order valence-electron chi connectivity index (χ2n) is 7.66. The average molecular weight is 487 g/mol. The van der Waals surface area contributed by atoms with Crippen molar-refractivity contribution in [3.63, 3.8) is 0 Å². The number of amides is 1. The van der Waals surface area contributed by atoms with Crippen molar-refractivity contribution < 1.29 is 23.7 Å². The van der Waals surface area contributed by atoms with Crippen LogP contribution in [0.5, 0.6) is 17.2 Å². The summed E-state index contributed by atoms with van der Waals surface area (Å²) >= 11 is 1.50. The van der Waals surface area contributed by atoms with E-state index in [1.807, 2.05) is 27.7 Å². The van der Waals surface area contributed by atoms with E-state index in [-0.39, 0.29) is 5.91 Å². The number of aryl methyl sites for hydroxylation is 2. The van der Waals surface area contributed by atoms with E-state index in [1.54, 1.807) is 12.1 Å². The SMILES string of the molecule is CCOCCn1c(=NC(=O)c2cc(OCC)c(OCC)c(OCC)c2)sc2cc(C)c(C)cc21. The molecular weight excluding hydrogens is 452 g/mol. The van der Waals surface area contributed by atoms with Gasteiger partial charge >= 0.3 is 0 Å². The molecule has 0 radical (unpaired) electrons. The quantitative estimate of drug-likeness (QED) is 0.344. The zero-order chi connectivity index (χ0) is 24.7. The van der Waals surface area contributed by atoms with Gasteiger partial charge in [-0.2, -0.15) is 4.99 Å². The average Bonchev–Trinajstić information content (AvgIpc) is 3.12. The molecule has 0 fully saturated rings. The Morgan fingerprint density at radius 3 is 2.09 bits per heavy atom. The molecule has 0 spiro atoms. The van der Waals surface area contributed by atoms with Gasteiger partial charge in [0.05, 0.1) is 36.6 Å². The minimum Gasteiger partial charge on any atom is -0.490 e. The highest BCUT2D eigenvalue weighted by Crippen LogP contribution is 2.39. The number of benzene rings is 2. The molecule has 184 valence electrons. The van der Waals surface area contributed by atoms with Gasteiger partial charge in [0.2, 0.25) is 5.75 Å². The molecule has 2 aromatic carbocycles. The summed E-state index contributed by atoms with van der Waals surface area (Å²) in [5.41, 5.74) is 3.84. The van der Waals surface area contributed by atoms with Crippen molar-refractivity contribution in [1.29, 1.82) is 0 Å². The minimum absolute atomic E-state index is 0.366. The molecule has 3 aromatic rings. The van der Waals surface area contributed by atoms with Gasteiger partial charge in [0.15, 0.2) is 16.3 Å². The van der Waals surface area contributed by atoms with Crippen LogP contribution in [0.1, 0.15) is 49.2 Å². The van der Waals surface area contributed by atoms with Crippen LogP contribution in [0.25, 0.3) is 10.2 Å². The Kier molecular flexibility index (Phi) is 9.12.